The molecule has 0 heterocycles. The second kappa shape index (κ2) is 5.57. The molecule has 0 aromatic heterocycles. The molecule has 2 aromatic carbocycles. The van der Waals surface area contributed by atoms with Crippen molar-refractivity contribution in [3.8, 4) is 0 Å². The summed E-state index contributed by atoms with van der Waals surface area (Å²) >= 11 is 0. The summed E-state index contributed by atoms with van der Waals surface area (Å²) in [7, 11) is -1.09. The highest BCUT2D eigenvalue weighted by molar-refractivity contribution is 7.84. The Morgan fingerprint density at radius 2 is 1.74 bits per heavy atom. The fourth-order valence-corrected chi connectivity index (χ4v) is 3.18. The summed E-state index contributed by atoms with van der Waals surface area (Å²) in [6.07, 6.45) is 0. The highest BCUT2D eigenvalue weighted by Gasteiger charge is 2.09. The molecule has 1 unspecified atom stereocenters. The number of hydrogen-bond donors (Lipinski definition) is 1. The molecule has 0 saturated carbocycles. The highest BCUT2D eigenvalue weighted by Crippen LogP contribution is 2.21. The Balaban J connectivity index is 2.23. The van der Waals surface area contributed by atoms with Crippen LogP contribution in [0.4, 0.5) is 5.69 Å². The fraction of sp³-hybridized carbons (Fsp3) is 0.250. The summed E-state index contributed by atoms with van der Waals surface area (Å²) in [5.41, 5.74) is 11.2. The number of rotatable bonds is 3. The monoisotopic (exact) mass is 273 g/mol. The molecule has 0 amide bonds. The van der Waals surface area contributed by atoms with Gasteiger partial charge < -0.3 is 5.73 Å². The predicted molar refractivity (Wildman–Crippen MR) is 81.6 cm³/mol. The van der Waals surface area contributed by atoms with E-state index >= 15 is 0 Å². The molecule has 0 bridgehead atoms. The van der Waals surface area contributed by atoms with Crippen molar-refractivity contribution in [1.82, 2.24) is 0 Å². The number of aryl methyl sites for hydroxylation is 3. The zero-order chi connectivity index (χ0) is 14.0. The summed E-state index contributed by atoms with van der Waals surface area (Å²) in [6, 6.07) is 11.9. The van der Waals surface area contributed by atoms with Gasteiger partial charge in [0.1, 0.15) is 0 Å². The van der Waals surface area contributed by atoms with Gasteiger partial charge in [-0.1, -0.05) is 24.3 Å². The lowest BCUT2D eigenvalue weighted by atomic mass is 10.1. The molecule has 2 N–H and O–H groups in total. The fourth-order valence-electron chi connectivity index (χ4n) is 2.00. The van der Waals surface area contributed by atoms with Crippen LogP contribution < -0.4 is 5.73 Å². The van der Waals surface area contributed by atoms with Gasteiger partial charge in [-0.3, -0.25) is 4.21 Å². The third-order valence-electron chi connectivity index (χ3n) is 3.28. The molecule has 0 spiro atoms. The molecular weight excluding hydrogens is 254 g/mol. The van der Waals surface area contributed by atoms with Crippen LogP contribution in [0.3, 0.4) is 0 Å². The van der Waals surface area contributed by atoms with E-state index in [9.17, 15) is 4.21 Å². The van der Waals surface area contributed by atoms with Gasteiger partial charge >= 0.3 is 0 Å². The molecule has 19 heavy (non-hydrogen) atoms. The molecule has 2 rings (SSSR count). The minimum Gasteiger partial charge on any atom is -0.398 e. The number of nitrogens with two attached hydrogens (primary N) is 1. The van der Waals surface area contributed by atoms with E-state index in [1.54, 1.807) is 0 Å². The van der Waals surface area contributed by atoms with Crippen LogP contribution in [-0.4, -0.2) is 4.21 Å². The first-order chi connectivity index (χ1) is 8.97. The number of hydrogen-bond acceptors (Lipinski definition) is 2. The zero-order valence-corrected chi connectivity index (χ0v) is 12.4. The average Bonchev–Trinajstić information content (AvgIpc) is 2.33. The molecule has 0 radical (unpaired) electrons. The van der Waals surface area contributed by atoms with Crippen molar-refractivity contribution < 1.29 is 4.21 Å². The Morgan fingerprint density at radius 1 is 1.00 bits per heavy atom. The normalized spacial score (nSPS) is 12.4. The van der Waals surface area contributed by atoms with Crippen LogP contribution in [0.1, 0.15) is 22.3 Å². The van der Waals surface area contributed by atoms with Crippen LogP contribution in [0.2, 0.25) is 0 Å². The maximum Gasteiger partial charge on any atom is 0.0621 e. The third kappa shape index (κ3) is 3.24. The largest absolute Gasteiger partial charge is 0.398 e. The van der Waals surface area contributed by atoms with E-state index in [-0.39, 0.29) is 0 Å². The first kappa shape index (κ1) is 13.8. The Labute approximate surface area is 117 Å². The summed E-state index contributed by atoms with van der Waals surface area (Å²) in [5, 5.41) is 0. The first-order valence-corrected chi connectivity index (χ1v) is 7.60. The van der Waals surface area contributed by atoms with Crippen LogP contribution in [-0.2, 0) is 16.6 Å². The van der Waals surface area contributed by atoms with E-state index in [1.807, 2.05) is 31.2 Å². The van der Waals surface area contributed by atoms with Crippen molar-refractivity contribution in [2.24, 2.45) is 0 Å². The molecule has 0 aliphatic heterocycles. The van der Waals surface area contributed by atoms with Crippen molar-refractivity contribution in [2.45, 2.75) is 31.4 Å². The van der Waals surface area contributed by atoms with Gasteiger partial charge in [-0.2, -0.15) is 0 Å². The third-order valence-corrected chi connectivity index (χ3v) is 4.74. The van der Waals surface area contributed by atoms with Crippen molar-refractivity contribution in [2.75, 3.05) is 5.73 Å². The Hall–Kier alpha value is -1.61. The van der Waals surface area contributed by atoms with E-state index in [1.165, 1.54) is 11.1 Å². The molecule has 1 atom stereocenters. The Morgan fingerprint density at radius 3 is 2.37 bits per heavy atom. The Kier molecular flexibility index (Phi) is 4.05. The molecule has 2 aromatic rings. The number of anilines is 1. The van der Waals surface area contributed by atoms with Crippen LogP contribution in [0.25, 0.3) is 0 Å². The minimum atomic E-state index is -1.09. The summed E-state index contributed by atoms with van der Waals surface area (Å²) in [4.78, 5) is 0.726. The van der Waals surface area contributed by atoms with Gasteiger partial charge in [0.2, 0.25) is 0 Å². The summed E-state index contributed by atoms with van der Waals surface area (Å²) in [6.45, 7) is 6.13. The van der Waals surface area contributed by atoms with Gasteiger partial charge in [0.15, 0.2) is 0 Å². The van der Waals surface area contributed by atoms with Gasteiger partial charge in [0, 0.05) is 5.69 Å². The van der Waals surface area contributed by atoms with Crippen molar-refractivity contribution >= 4 is 16.5 Å². The van der Waals surface area contributed by atoms with Gasteiger partial charge in [-0.25, -0.2) is 0 Å². The van der Waals surface area contributed by atoms with Gasteiger partial charge in [-0.05, 0) is 55.2 Å². The standard InChI is InChI=1S/C16H19NOS/c1-11-4-7-16(15(17)8-11)19(18)10-14-6-5-12(2)13(3)9-14/h4-9H,10,17H2,1-3H3. The SMILES string of the molecule is Cc1ccc(S(=O)Cc2ccc(C)c(C)c2)c(N)c1. The second-order valence-electron chi connectivity index (χ2n) is 4.95. The molecule has 0 saturated heterocycles. The van der Waals surface area contributed by atoms with Crippen molar-refractivity contribution in [1.29, 1.82) is 0 Å². The topological polar surface area (TPSA) is 43.1 Å². The van der Waals surface area contributed by atoms with Crippen LogP contribution in [0, 0.1) is 20.8 Å². The van der Waals surface area contributed by atoms with E-state index in [2.05, 4.69) is 26.0 Å². The molecule has 3 heteroatoms. The van der Waals surface area contributed by atoms with Gasteiger partial charge in [-0.15, -0.1) is 0 Å². The number of benzene rings is 2. The van der Waals surface area contributed by atoms with E-state index in [0.29, 0.717) is 11.4 Å². The maximum absolute atomic E-state index is 12.4. The van der Waals surface area contributed by atoms with Crippen molar-refractivity contribution in [3.63, 3.8) is 0 Å². The molecular formula is C16H19NOS. The maximum atomic E-state index is 12.4. The minimum absolute atomic E-state index is 0.508. The highest BCUT2D eigenvalue weighted by atomic mass is 32.2. The van der Waals surface area contributed by atoms with E-state index in [0.717, 1.165) is 16.0 Å². The first-order valence-electron chi connectivity index (χ1n) is 6.28. The van der Waals surface area contributed by atoms with Crippen LogP contribution in [0.5, 0.6) is 0 Å². The average molecular weight is 273 g/mol. The van der Waals surface area contributed by atoms with Gasteiger partial charge in [0.25, 0.3) is 0 Å². The lowest BCUT2D eigenvalue weighted by Crippen LogP contribution is -2.01. The predicted octanol–water partition coefficient (Wildman–Crippen LogP) is 3.50. The van der Waals surface area contributed by atoms with E-state index in [4.69, 9.17) is 5.73 Å². The Bertz CT molecular complexity index is 635. The smallest absolute Gasteiger partial charge is 0.0621 e. The van der Waals surface area contributed by atoms with Gasteiger partial charge in [0.05, 0.1) is 21.4 Å². The summed E-state index contributed by atoms with van der Waals surface area (Å²) < 4.78 is 12.4. The molecule has 0 aliphatic rings. The zero-order valence-electron chi connectivity index (χ0n) is 11.6. The second-order valence-corrected chi connectivity index (χ2v) is 6.37. The quantitative estimate of drug-likeness (QED) is 0.870. The lowest BCUT2D eigenvalue weighted by molar-refractivity contribution is 0.683. The molecule has 0 aliphatic carbocycles. The number of nitrogen functional groups attached to an aromatic ring is 1. The molecule has 100 valence electrons. The molecule has 0 fully saturated rings. The molecule has 2 nitrogen and oxygen atoms in total. The van der Waals surface area contributed by atoms with Crippen molar-refractivity contribution in [3.05, 3.63) is 58.7 Å². The van der Waals surface area contributed by atoms with Crippen LogP contribution >= 0.6 is 0 Å². The lowest BCUT2D eigenvalue weighted by Gasteiger charge is -2.08. The van der Waals surface area contributed by atoms with E-state index < -0.39 is 10.8 Å². The summed E-state index contributed by atoms with van der Waals surface area (Å²) in [5.74, 6) is 0.508. The van der Waals surface area contributed by atoms with Crippen LogP contribution in [0.15, 0.2) is 41.3 Å².